The van der Waals surface area contributed by atoms with Crippen LogP contribution in [-0.2, 0) is 21.7 Å². The minimum Gasteiger partial charge on any atom is -0.497 e. The molecule has 0 radical (unpaired) electrons. The molecule has 1 N–H and O–H groups in total. The molecule has 0 bridgehead atoms. The smallest absolute Gasteiger partial charge is 0.305 e. The van der Waals surface area contributed by atoms with E-state index in [2.05, 4.69) is 28.5 Å². The van der Waals surface area contributed by atoms with Crippen LogP contribution in [0.5, 0.6) is 5.75 Å². The lowest BCUT2D eigenvalue weighted by molar-refractivity contribution is -0.157. The van der Waals surface area contributed by atoms with Crippen molar-refractivity contribution in [1.82, 2.24) is 9.97 Å². The van der Waals surface area contributed by atoms with Crippen LogP contribution in [0.25, 0.3) is 11.1 Å². The van der Waals surface area contributed by atoms with Gasteiger partial charge in [0.15, 0.2) is 0 Å². The van der Waals surface area contributed by atoms with Crippen molar-refractivity contribution in [2.45, 2.75) is 39.8 Å². The van der Waals surface area contributed by atoms with E-state index in [0.717, 1.165) is 45.7 Å². The van der Waals surface area contributed by atoms with E-state index in [0.29, 0.717) is 24.0 Å². The lowest BCUT2D eigenvalue weighted by atomic mass is 9.87. The molecule has 7 nitrogen and oxygen atoms in total. The van der Waals surface area contributed by atoms with Gasteiger partial charge in [-0.15, -0.1) is 0 Å². The van der Waals surface area contributed by atoms with Gasteiger partial charge in [0.05, 0.1) is 7.11 Å². The zero-order valence-electron chi connectivity index (χ0n) is 22.7. The van der Waals surface area contributed by atoms with Crippen LogP contribution in [0.4, 0.5) is 21.8 Å². The Balaban J connectivity index is 1.59. The maximum atomic E-state index is 13.4. The molecule has 5 rings (SSSR count). The Morgan fingerprint density at radius 1 is 1.00 bits per heavy atom. The Morgan fingerprint density at radius 2 is 1.69 bits per heavy atom. The van der Waals surface area contributed by atoms with Gasteiger partial charge in [0.2, 0.25) is 11.7 Å². The van der Waals surface area contributed by atoms with Gasteiger partial charge in [-0.25, -0.2) is 9.37 Å². The number of esters is 1. The maximum Gasteiger partial charge on any atom is 0.305 e. The number of benzene rings is 3. The molecule has 1 aliphatic rings. The Labute approximate surface area is 227 Å². The predicted molar refractivity (Wildman–Crippen MR) is 150 cm³/mol. The monoisotopic (exact) mass is 526 g/mol. The number of nitrogens with one attached hydrogen (secondary N) is 1. The van der Waals surface area contributed by atoms with Gasteiger partial charge in [0, 0.05) is 36.0 Å². The van der Waals surface area contributed by atoms with Crippen molar-refractivity contribution in [2.75, 3.05) is 23.9 Å². The summed E-state index contributed by atoms with van der Waals surface area (Å²) in [4.78, 5) is 24.0. The SMILES string of the molecule is COc1ccc(-c2ccc3c(c2)C(C)(OC(C)=O)N(c2nc(Nc4ccc(F)cc4)nc(C)c2C)CC3)cc1. The van der Waals surface area contributed by atoms with Crippen LogP contribution in [0.2, 0.25) is 0 Å². The fourth-order valence-electron chi connectivity index (χ4n) is 5.07. The molecule has 200 valence electrons. The highest BCUT2D eigenvalue weighted by molar-refractivity contribution is 5.71. The highest BCUT2D eigenvalue weighted by Crippen LogP contribution is 2.42. The molecule has 8 heteroatoms. The fraction of sp³-hybridized carbons (Fsp3) is 0.258. The average molecular weight is 527 g/mol. The van der Waals surface area contributed by atoms with Gasteiger partial charge in [-0.05, 0) is 86.3 Å². The Morgan fingerprint density at radius 3 is 2.36 bits per heavy atom. The third-order valence-corrected chi connectivity index (χ3v) is 7.21. The van der Waals surface area contributed by atoms with Crippen LogP contribution in [0.3, 0.4) is 0 Å². The molecular formula is C31H31FN4O3. The number of ether oxygens (including phenoxy) is 2. The van der Waals surface area contributed by atoms with Crippen molar-refractivity contribution < 1.29 is 18.7 Å². The number of methoxy groups -OCH3 is 1. The van der Waals surface area contributed by atoms with Gasteiger partial charge >= 0.3 is 5.97 Å². The van der Waals surface area contributed by atoms with E-state index in [1.165, 1.54) is 19.1 Å². The number of fused-ring (bicyclic) bond motifs is 1. The average Bonchev–Trinajstić information content (AvgIpc) is 2.92. The number of hydrogen-bond donors (Lipinski definition) is 1. The molecule has 39 heavy (non-hydrogen) atoms. The van der Waals surface area contributed by atoms with Crippen LogP contribution in [-0.4, -0.2) is 29.6 Å². The van der Waals surface area contributed by atoms with E-state index in [1.807, 2.05) is 49.9 Å². The molecule has 1 aliphatic heterocycles. The van der Waals surface area contributed by atoms with Gasteiger partial charge in [-0.3, -0.25) is 4.79 Å². The second-order valence-corrected chi connectivity index (χ2v) is 9.79. The van der Waals surface area contributed by atoms with E-state index < -0.39 is 11.7 Å². The Kier molecular flexibility index (Phi) is 6.95. The van der Waals surface area contributed by atoms with E-state index in [1.54, 1.807) is 19.2 Å². The Bertz CT molecular complexity index is 1520. The normalized spacial score (nSPS) is 16.4. The zero-order chi connectivity index (χ0) is 27.7. The second kappa shape index (κ2) is 10.4. The highest BCUT2D eigenvalue weighted by atomic mass is 19.1. The molecule has 0 amide bonds. The summed E-state index contributed by atoms with van der Waals surface area (Å²) >= 11 is 0. The van der Waals surface area contributed by atoms with Crippen molar-refractivity contribution in [3.8, 4) is 16.9 Å². The summed E-state index contributed by atoms with van der Waals surface area (Å²) in [5.41, 5.74) is 5.27. The van der Waals surface area contributed by atoms with E-state index in [9.17, 15) is 9.18 Å². The molecule has 1 unspecified atom stereocenters. The third kappa shape index (κ3) is 5.14. The molecule has 0 saturated heterocycles. The number of anilines is 3. The molecule has 0 saturated carbocycles. The zero-order valence-corrected chi connectivity index (χ0v) is 22.7. The molecule has 4 aromatic rings. The van der Waals surface area contributed by atoms with Crippen LogP contribution in [0.15, 0.2) is 66.7 Å². The van der Waals surface area contributed by atoms with Crippen LogP contribution in [0, 0.1) is 19.7 Å². The van der Waals surface area contributed by atoms with Gasteiger partial charge in [0.1, 0.15) is 17.4 Å². The van der Waals surface area contributed by atoms with Crippen molar-refractivity contribution >= 4 is 23.4 Å². The quantitative estimate of drug-likeness (QED) is 0.289. The fourth-order valence-corrected chi connectivity index (χ4v) is 5.07. The number of hydrogen-bond acceptors (Lipinski definition) is 7. The van der Waals surface area contributed by atoms with E-state index >= 15 is 0 Å². The number of halogens is 1. The minimum atomic E-state index is -1.11. The lowest BCUT2D eigenvalue weighted by Gasteiger charge is -2.46. The first-order valence-electron chi connectivity index (χ1n) is 12.8. The number of carbonyl (C=O) groups is 1. The standard InChI is InChI=1S/C31H31FN4O3/c1-19-20(2)33-30(34-26-12-10-25(32)11-13-26)35-29(19)36-17-16-23-6-7-24(22-8-14-27(38-5)15-9-22)18-28(23)31(36,4)39-21(3)37/h6-15,18H,16-17H2,1-5H3,(H,33,34,35). The maximum absolute atomic E-state index is 13.4. The molecular weight excluding hydrogens is 495 g/mol. The number of nitrogens with zero attached hydrogens (tertiary/aromatic N) is 3. The first-order chi connectivity index (χ1) is 18.7. The van der Waals surface area contributed by atoms with Crippen molar-refractivity contribution in [3.63, 3.8) is 0 Å². The number of carbonyl (C=O) groups excluding carboxylic acids is 1. The topological polar surface area (TPSA) is 76.6 Å². The third-order valence-electron chi connectivity index (χ3n) is 7.21. The first-order valence-corrected chi connectivity index (χ1v) is 12.8. The second-order valence-electron chi connectivity index (χ2n) is 9.79. The molecule has 2 heterocycles. The minimum absolute atomic E-state index is 0.319. The summed E-state index contributed by atoms with van der Waals surface area (Å²) in [5.74, 6) is 1.12. The van der Waals surface area contributed by atoms with Gasteiger partial charge < -0.3 is 19.7 Å². The lowest BCUT2D eigenvalue weighted by Crippen LogP contribution is -2.52. The van der Waals surface area contributed by atoms with Gasteiger partial charge in [-0.2, -0.15) is 4.98 Å². The summed E-state index contributed by atoms with van der Waals surface area (Å²) in [5, 5.41) is 3.17. The number of rotatable bonds is 6. The summed E-state index contributed by atoms with van der Waals surface area (Å²) in [6, 6.07) is 20.2. The summed E-state index contributed by atoms with van der Waals surface area (Å²) < 4.78 is 24.8. The highest BCUT2D eigenvalue weighted by Gasteiger charge is 2.43. The molecule has 0 aliphatic carbocycles. The summed E-state index contributed by atoms with van der Waals surface area (Å²) in [6.07, 6.45) is 0.748. The van der Waals surface area contributed by atoms with Gasteiger partial charge in [0.25, 0.3) is 0 Å². The van der Waals surface area contributed by atoms with Crippen molar-refractivity contribution in [3.05, 3.63) is 94.9 Å². The number of aromatic nitrogens is 2. The Hall–Kier alpha value is -4.46. The molecule has 3 aromatic carbocycles. The summed E-state index contributed by atoms with van der Waals surface area (Å²) in [7, 11) is 1.64. The molecule has 0 spiro atoms. The first kappa shape index (κ1) is 26.2. The molecule has 0 fully saturated rings. The van der Waals surface area contributed by atoms with Gasteiger partial charge in [-0.1, -0.05) is 24.3 Å². The summed E-state index contributed by atoms with van der Waals surface area (Å²) in [6.45, 7) is 7.80. The largest absolute Gasteiger partial charge is 0.497 e. The predicted octanol–water partition coefficient (Wildman–Crippen LogP) is 6.45. The van der Waals surface area contributed by atoms with Crippen molar-refractivity contribution in [1.29, 1.82) is 0 Å². The van der Waals surface area contributed by atoms with Crippen LogP contribution < -0.4 is 15.0 Å². The van der Waals surface area contributed by atoms with E-state index in [4.69, 9.17) is 14.5 Å². The van der Waals surface area contributed by atoms with Crippen LogP contribution >= 0.6 is 0 Å². The molecule has 1 atom stereocenters. The van der Waals surface area contributed by atoms with Crippen LogP contribution in [0.1, 0.15) is 36.2 Å². The molecule has 1 aromatic heterocycles. The van der Waals surface area contributed by atoms with Crippen molar-refractivity contribution in [2.24, 2.45) is 0 Å². The number of aryl methyl sites for hydroxylation is 1. The van der Waals surface area contributed by atoms with E-state index in [-0.39, 0.29) is 5.82 Å².